The van der Waals surface area contributed by atoms with Crippen LogP contribution in [0.25, 0.3) is 0 Å². The van der Waals surface area contributed by atoms with Crippen LogP contribution in [-0.4, -0.2) is 62.3 Å². The molecule has 0 spiro atoms. The largest absolute Gasteiger partial charge is 0.507 e. The highest BCUT2D eigenvalue weighted by Gasteiger charge is 2.30. The Bertz CT molecular complexity index is 963. The number of hydrogen-bond acceptors (Lipinski definition) is 7. The summed E-state index contributed by atoms with van der Waals surface area (Å²) < 4.78 is 61.5. The number of rotatable bonds is 9. The maximum Gasteiger partial charge on any atom is 0.416 e. The number of ether oxygens (including phenoxy) is 2. The van der Waals surface area contributed by atoms with E-state index in [2.05, 4.69) is 10.4 Å². The van der Waals surface area contributed by atoms with Gasteiger partial charge in [0.05, 0.1) is 11.7 Å². The molecule has 1 aliphatic heterocycles. The summed E-state index contributed by atoms with van der Waals surface area (Å²) in [5.74, 6) is -1.58. The third-order valence-corrected chi connectivity index (χ3v) is 5.48. The summed E-state index contributed by atoms with van der Waals surface area (Å²) in [6.07, 6.45) is -0.528. The van der Waals surface area contributed by atoms with Gasteiger partial charge in [0.25, 0.3) is 5.91 Å². The second-order valence-electron chi connectivity index (χ2n) is 8.74. The molecule has 2 N–H and O–H groups in total. The summed E-state index contributed by atoms with van der Waals surface area (Å²) in [6.45, 7) is 5.47. The topological polar surface area (TPSA) is 97.3 Å². The number of hydroxylamine groups is 1. The minimum absolute atomic E-state index is 0.0270. The molecular weight excluding hydrogens is 524 g/mol. The van der Waals surface area contributed by atoms with E-state index in [0.29, 0.717) is 18.8 Å². The molecule has 0 aliphatic carbocycles. The van der Waals surface area contributed by atoms with Gasteiger partial charge in [0.15, 0.2) is 6.29 Å². The van der Waals surface area contributed by atoms with Gasteiger partial charge in [-0.25, -0.2) is 14.7 Å². The van der Waals surface area contributed by atoms with Crippen molar-refractivity contribution in [1.29, 1.82) is 0 Å². The zero-order chi connectivity index (χ0) is 29.4. The van der Waals surface area contributed by atoms with Crippen LogP contribution >= 0.6 is 0 Å². The number of carbonyl (C=O) groups excluding carboxylic acids is 2. The van der Waals surface area contributed by atoms with Gasteiger partial charge in [-0.05, 0) is 76.2 Å². The lowest BCUT2D eigenvalue weighted by Crippen LogP contribution is -2.33. The van der Waals surface area contributed by atoms with E-state index >= 15 is 0 Å². The Balaban J connectivity index is 0.000000367. The Hall–Kier alpha value is -3.22. The van der Waals surface area contributed by atoms with Crippen molar-refractivity contribution in [2.75, 3.05) is 27.2 Å². The highest BCUT2D eigenvalue weighted by molar-refractivity contribution is 5.96. The average Bonchev–Trinajstić information content (AvgIpc) is 2.91. The Morgan fingerprint density at radius 1 is 1.18 bits per heavy atom. The third kappa shape index (κ3) is 12.5. The first-order valence-electron chi connectivity index (χ1n) is 12.3. The van der Waals surface area contributed by atoms with Crippen molar-refractivity contribution < 1.29 is 46.6 Å². The zero-order valence-corrected chi connectivity index (χ0v) is 22.3. The van der Waals surface area contributed by atoms with Crippen LogP contribution < -0.4 is 10.2 Å². The van der Waals surface area contributed by atoms with Crippen molar-refractivity contribution in [2.45, 2.75) is 57.6 Å². The van der Waals surface area contributed by atoms with E-state index in [0.717, 1.165) is 50.4 Å². The number of carbonyl (C=O) groups is 2. The Morgan fingerprint density at radius 2 is 1.85 bits per heavy atom. The maximum absolute atomic E-state index is 13.4. The second kappa shape index (κ2) is 17.4. The minimum Gasteiger partial charge on any atom is -0.507 e. The number of aromatic hydroxyl groups is 1. The molecule has 12 heteroatoms. The van der Waals surface area contributed by atoms with Crippen molar-refractivity contribution in [2.24, 2.45) is 0 Å². The van der Waals surface area contributed by atoms with Gasteiger partial charge in [-0.15, -0.1) is 0 Å². The van der Waals surface area contributed by atoms with E-state index in [-0.39, 0.29) is 6.10 Å². The highest BCUT2D eigenvalue weighted by Crippen LogP contribution is 2.30. The van der Waals surface area contributed by atoms with Crippen LogP contribution in [0.1, 0.15) is 54.9 Å². The van der Waals surface area contributed by atoms with E-state index in [1.165, 1.54) is 24.3 Å². The Morgan fingerprint density at radius 3 is 2.36 bits per heavy atom. The molecule has 1 fully saturated rings. The molecule has 1 saturated heterocycles. The predicted molar refractivity (Wildman–Crippen MR) is 137 cm³/mol. The standard InChI is InChI=1S/C14H20F3NO.C12H14FNO4.CH2O/c1-4-12(9-10-18(2)3)19-13-7-5-11(6-8-13)14(15,16)17;13-8-4-3-5-9(15)11(8)12(16)14-18-10-6-1-2-7-17-10;1-2/h5-8,12H,4,9-10H2,1-3H3;3-5,10,15H,1-2,6-7H2,(H,14,16);1H2. The van der Waals surface area contributed by atoms with Gasteiger partial charge in [-0.2, -0.15) is 13.2 Å². The monoisotopic (exact) mass is 560 g/mol. The lowest BCUT2D eigenvalue weighted by Gasteiger charge is -2.22. The van der Waals surface area contributed by atoms with Crippen molar-refractivity contribution in [3.05, 3.63) is 59.4 Å². The van der Waals surface area contributed by atoms with Crippen molar-refractivity contribution in [3.8, 4) is 11.5 Å². The predicted octanol–water partition coefficient (Wildman–Crippen LogP) is 5.35. The number of hydrogen-bond donors (Lipinski definition) is 2. The van der Waals surface area contributed by atoms with E-state index in [1.807, 2.05) is 27.8 Å². The van der Waals surface area contributed by atoms with Crippen molar-refractivity contribution in [3.63, 3.8) is 0 Å². The summed E-state index contributed by atoms with van der Waals surface area (Å²) in [5.41, 5.74) is 0.998. The quantitative estimate of drug-likeness (QED) is 0.315. The summed E-state index contributed by atoms with van der Waals surface area (Å²) in [6, 6.07) is 8.48. The van der Waals surface area contributed by atoms with Crippen LogP contribution in [0.15, 0.2) is 42.5 Å². The summed E-state index contributed by atoms with van der Waals surface area (Å²) in [4.78, 5) is 26.7. The molecule has 0 bridgehead atoms. The Kier molecular flexibility index (Phi) is 15.1. The second-order valence-corrected chi connectivity index (χ2v) is 8.74. The molecule has 8 nitrogen and oxygen atoms in total. The van der Waals surface area contributed by atoms with Crippen LogP contribution in [0.3, 0.4) is 0 Å². The van der Waals surface area contributed by atoms with Crippen LogP contribution in [0, 0.1) is 5.82 Å². The summed E-state index contributed by atoms with van der Waals surface area (Å²) in [5, 5.41) is 9.41. The normalized spacial score (nSPS) is 15.7. The third-order valence-electron chi connectivity index (χ3n) is 5.48. The van der Waals surface area contributed by atoms with Gasteiger partial charge in [-0.3, -0.25) is 4.79 Å². The molecule has 2 atom stereocenters. The molecule has 2 unspecified atom stereocenters. The lowest BCUT2D eigenvalue weighted by atomic mass is 10.2. The molecule has 1 aliphatic rings. The number of nitrogens with zero attached hydrogens (tertiary/aromatic N) is 1. The number of nitrogens with one attached hydrogen (secondary N) is 1. The molecule has 2 aromatic carbocycles. The molecule has 0 aromatic heterocycles. The fraction of sp³-hybridized carbons (Fsp3) is 0.481. The van der Waals surface area contributed by atoms with Gasteiger partial charge in [-0.1, -0.05) is 13.0 Å². The fourth-order valence-electron chi connectivity index (χ4n) is 3.38. The lowest BCUT2D eigenvalue weighted by molar-refractivity contribution is -0.186. The van der Waals surface area contributed by atoms with E-state index in [4.69, 9.17) is 19.1 Å². The molecule has 1 heterocycles. The van der Waals surface area contributed by atoms with Crippen LogP contribution in [0.5, 0.6) is 11.5 Å². The zero-order valence-electron chi connectivity index (χ0n) is 22.3. The molecule has 218 valence electrons. The summed E-state index contributed by atoms with van der Waals surface area (Å²) >= 11 is 0. The van der Waals surface area contributed by atoms with Crippen LogP contribution in [-0.2, 0) is 20.5 Å². The first kappa shape index (κ1) is 33.8. The van der Waals surface area contributed by atoms with Crippen LogP contribution in [0.4, 0.5) is 17.6 Å². The first-order chi connectivity index (χ1) is 18.5. The smallest absolute Gasteiger partial charge is 0.416 e. The number of phenolic OH excluding ortho intramolecular Hbond substituents is 1. The van der Waals surface area contributed by atoms with Gasteiger partial charge in [0.2, 0.25) is 0 Å². The van der Waals surface area contributed by atoms with E-state index in [9.17, 15) is 27.5 Å². The van der Waals surface area contributed by atoms with E-state index < -0.39 is 41.1 Å². The van der Waals surface area contributed by atoms with Crippen LogP contribution in [0.2, 0.25) is 0 Å². The number of alkyl halides is 3. The average molecular weight is 561 g/mol. The van der Waals surface area contributed by atoms with Gasteiger partial charge < -0.3 is 24.3 Å². The Labute approximate surface area is 225 Å². The molecule has 3 rings (SSSR count). The molecule has 0 saturated carbocycles. The number of halogens is 4. The van der Waals surface area contributed by atoms with Gasteiger partial charge in [0, 0.05) is 19.6 Å². The maximum atomic E-state index is 13.4. The number of phenols is 1. The SMILES string of the molecule is C=O.CCC(CCN(C)C)Oc1ccc(C(F)(F)F)cc1.O=C(NOC1CCCCO1)c1c(O)cccc1F. The first-order valence-corrected chi connectivity index (χ1v) is 12.3. The van der Waals surface area contributed by atoms with Crippen molar-refractivity contribution in [1.82, 2.24) is 10.4 Å². The molecule has 1 amide bonds. The minimum atomic E-state index is -4.30. The van der Waals surface area contributed by atoms with Crippen molar-refractivity contribution >= 4 is 12.7 Å². The molecule has 2 aromatic rings. The van der Waals surface area contributed by atoms with Gasteiger partial charge >= 0.3 is 6.18 Å². The fourth-order valence-corrected chi connectivity index (χ4v) is 3.38. The summed E-state index contributed by atoms with van der Waals surface area (Å²) in [7, 11) is 3.95. The number of amides is 1. The number of benzene rings is 2. The van der Waals surface area contributed by atoms with E-state index in [1.54, 1.807) is 0 Å². The molecular formula is C27H36F4N2O6. The highest BCUT2D eigenvalue weighted by atomic mass is 19.4. The molecule has 39 heavy (non-hydrogen) atoms. The molecule has 0 radical (unpaired) electrons. The van der Waals surface area contributed by atoms with Gasteiger partial charge in [0.1, 0.15) is 29.7 Å².